The van der Waals surface area contributed by atoms with Crippen molar-refractivity contribution in [2.75, 3.05) is 37.6 Å². The highest BCUT2D eigenvalue weighted by atomic mass is 19.1. The van der Waals surface area contributed by atoms with Crippen molar-refractivity contribution in [3.8, 4) is 0 Å². The van der Waals surface area contributed by atoms with Gasteiger partial charge < -0.3 is 14.9 Å². The van der Waals surface area contributed by atoms with Crippen molar-refractivity contribution in [1.29, 1.82) is 0 Å². The van der Waals surface area contributed by atoms with E-state index >= 15 is 0 Å². The van der Waals surface area contributed by atoms with Crippen LogP contribution in [-0.2, 0) is 6.61 Å². The van der Waals surface area contributed by atoms with Gasteiger partial charge in [0, 0.05) is 30.9 Å². The molecule has 0 amide bonds. The molecule has 2 heterocycles. The molecule has 4 heteroatoms. The Hall–Kier alpha value is -1.13. The van der Waals surface area contributed by atoms with Crippen LogP contribution in [0, 0.1) is 11.7 Å². The van der Waals surface area contributed by atoms with Gasteiger partial charge in [-0.05, 0) is 56.8 Å². The van der Waals surface area contributed by atoms with Crippen molar-refractivity contribution < 1.29 is 9.50 Å². The predicted molar refractivity (Wildman–Crippen MR) is 82.9 cm³/mol. The van der Waals surface area contributed by atoms with Crippen LogP contribution in [0.15, 0.2) is 18.2 Å². The Labute approximate surface area is 126 Å². The predicted octanol–water partition coefficient (Wildman–Crippen LogP) is 2.63. The minimum atomic E-state index is -0.297. The van der Waals surface area contributed by atoms with Crippen LogP contribution in [0.4, 0.5) is 10.1 Å². The van der Waals surface area contributed by atoms with E-state index in [-0.39, 0.29) is 12.4 Å². The summed E-state index contributed by atoms with van der Waals surface area (Å²) in [6, 6.07) is 5.09. The van der Waals surface area contributed by atoms with Crippen LogP contribution in [0.3, 0.4) is 0 Å². The molecule has 1 aromatic rings. The third kappa shape index (κ3) is 3.38. The highest BCUT2D eigenvalue weighted by Crippen LogP contribution is 2.28. The van der Waals surface area contributed by atoms with Gasteiger partial charge in [-0.2, -0.15) is 0 Å². The molecule has 0 unspecified atom stereocenters. The van der Waals surface area contributed by atoms with Gasteiger partial charge in [-0.25, -0.2) is 4.39 Å². The smallest absolute Gasteiger partial charge is 0.130 e. The lowest BCUT2D eigenvalue weighted by Crippen LogP contribution is -2.38. The Balaban J connectivity index is 1.59. The van der Waals surface area contributed by atoms with Crippen LogP contribution in [-0.4, -0.2) is 42.7 Å². The number of nitrogens with zero attached hydrogens (tertiary/aromatic N) is 2. The third-order valence-corrected chi connectivity index (χ3v) is 4.92. The van der Waals surface area contributed by atoms with Crippen LogP contribution >= 0.6 is 0 Å². The van der Waals surface area contributed by atoms with Gasteiger partial charge in [-0.1, -0.05) is 6.07 Å². The first-order valence-electron chi connectivity index (χ1n) is 8.13. The van der Waals surface area contributed by atoms with Gasteiger partial charge in [-0.15, -0.1) is 0 Å². The first kappa shape index (κ1) is 14.8. The van der Waals surface area contributed by atoms with E-state index in [0.29, 0.717) is 5.56 Å². The zero-order valence-electron chi connectivity index (χ0n) is 12.6. The van der Waals surface area contributed by atoms with E-state index in [1.807, 2.05) is 6.07 Å². The van der Waals surface area contributed by atoms with Gasteiger partial charge in [0.1, 0.15) is 5.82 Å². The Morgan fingerprint density at radius 2 is 1.81 bits per heavy atom. The Morgan fingerprint density at radius 3 is 2.48 bits per heavy atom. The Bertz CT molecular complexity index is 466. The topological polar surface area (TPSA) is 26.7 Å². The average molecular weight is 292 g/mol. The first-order chi connectivity index (χ1) is 10.3. The quantitative estimate of drug-likeness (QED) is 0.924. The molecule has 0 radical (unpaired) electrons. The molecule has 3 rings (SSSR count). The monoisotopic (exact) mass is 292 g/mol. The Morgan fingerprint density at radius 1 is 1.10 bits per heavy atom. The largest absolute Gasteiger partial charge is 0.391 e. The maximum absolute atomic E-state index is 13.8. The van der Waals surface area contributed by atoms with E-state index in [1.165, 1.54) is 38.5 Å². The van der Waals surface area contributed by atoms with Crippen molar-refractivity contribution in [3.63, 3.8) is 0 Å². The molecular weight excluding hydrogens is 267 g/mol. The molecule has 3 nitrogen and oxygen atoms in total. The first-order valence-corrected chi connectivity index (χ1v) is 8.13. The second kappa shape index (κ2) is 6.75. The number of aliphatic hydroxyl groups is 1. The lowest BCUT2D eigenvalue weighted by Gasteiger charge is -2.36. The number of halogens is 1. The highest BCUT2D eigenvalue weighted by molar-refractivity contribution is 5.54. The zero-order chi connectivity index (χ0) is 14.7. The number of anilines is 1. The van der Waals surface area contributed by atoms with E-state index in [9.17, 15) is 9.50 Å². The summed E-state index contributed by atoms with van der Waals surface area (Å²) in [4.78, 5) is 4.82. The molecule has 116 valence electrons. The summed E-state index contributed by atoms with van der Waals surface area (Å²) in [5.74, 6) is 0.472. The zero-order valence-corrected chi connectivity index (χ0v) is 12.6. The van der Waals surface area contributed by atoms with Crippen molar-refractivity contribution in [2.24, 2.45) is 5.92 Å². The van der Waals surface area contributed by atoms with Crippen molar-refractivity contribution >= 4 is 5.69 Å². The average Bonchev–Trinajstić information content (AvgIpc) is 3.01. The van der Waals surface area contributed by atoms with Gasteiger partial charge in [0.2, 0.25) is 0 Å². The van der Waals surface area contributed by atoms with Gasteiger partial charge in [-0.3, -0.25) is 0 Å². The fraction of sp³-hybridized carbons (Fsp3) is 0.647. The summed E-state index contributed by atoms with van der Waals surface area (Å²) in [5.41, 5.74) is 1.31. The summed E-state index contributed by atoms with van der Waals surface area (Å²) in [5, 5.41) is 9.40. The molecule has 2 saturated heterocycles. The molecule has 0 spiro atoms. The second-order valence-corrected chi connectivity index (χ2v) is 6.33. The normalized spacial score (nSPS) is 21.1. The van der Waals surface area contributed by atoms with Gasteiger partial charge in [0.05, 0.1) is 6.61 Å². The summed E-state index contributed by atoms with van der Waals surface area (Å²) in [6.45, 7) is 5.46. The lowest BCUT2D eigenvalue weighted by atomic mass is 9.95. The SMILES string of the molecule is OCc1c(F)cccc1N1CCC(CN2CCCC2)CC1. The van der Waals surface area contributed by atoms with E-state index in [1.54, 1.807) is 6.07 Å². The standard InChI is InChI=1S/C17H25FN2O/c18-16-4-3-5-17(15(16)13-21)20-10-6-14(7-11-20)12-19-8-1-2-9-19/h3-5,14,21H,1-2,6-13H2. The van der Waals surface area contributed by atoms with E-state index in [4.69, 9.17) is 0 Å². The summed E-state index contributed by atoms with van der Waals surface area (Å²) in [7, 11) is 0. The molecule has 2 aliphatic rings. The molecule has 0 aromatic heterocycles. The Kier molecular flexibility index (Phi) is 4.76. The highest BCUT2D eigenvalue weighted by Gasteiger charge is 2.24. The molecule has 21 heavy (non-hydrogen) atoms. The van der Waals surface area contributed by atoms with Crippen LogP contribution in [0.5, 0.6) is 0 Å². The molecule has 0 saturated carbocycles. The van der Waals surface area contributed by atoms with Crippen molar-refractivity contribution in [1.82, 2.24) is 4.90 Å². The summed E-state index contributed by atoms with van der Waals surface area (Å²) < 4.78 is 13.8. The van der Waals surface area contributed by atoms with Crippen LogP contribution < -0.4 is 4.90 Å². The van der Waals surface area contributed by atoms with E-state index in [0.717, 1.165) is 37.5 Å². The third-order valence-electron chi connectivity index (χ3n) is 4.92. The number of aliphatic hydroxyl groups excluding tert-OH is 1. The minimum Gasteiger partial charge on any atom is -0.391 e. The molecule has 2 fully saturated rings. The summed E-state index contributed by atoms with van der Waals surface area (Å²) >= 11 is 0. The number of hydrogen-bond donors (Lipinski definition) is 1. The molecule has 2 aliphatic heterocycles. The number of likely N-dealkylation sites (tertiary alicyclic amines) is 1. The van der Waals surface area contributed by atoms with Crippen molar-refractivity contribution in [3.05, 3.63) is 29.6 Å². The number of rotatable bonds is 4. The van der Waals surface area contributed by atoms with Crippen LogP contribution in [0.25, 0.3) is 0 Å². The molecule has 0 bridgehead atoms. The van der Waals surface area contributed by atoms with Crippen LogP contribution in [0.1, 0.15) is 31.2 Å². The van der Waals surface area contributed by atoms with E-state index < -0.39 is 0 Å². The minimum absolute atomic E-state index is 0.226. The molecule has 1 aromatic carbocycles. The maximum Gasteiger partial charge on any atom is 0.130 e. The number of piperidine rings is 1. The van der Waals surface area contributed by atoms with Gasteiger partial charge in [0.25, 0.3) is 0 Å². The molecular formula is C17H25FN2O. The van der Waals surface area contributed by atoms with Crippen LogP contribution in [0.2, 0.25) is 0 Å². The van der Waals surface area contributed by atoms with Crippen molar-refractivity contribution in [2.45, 2.75) is 32.3 Å². The second-order valence-electron chi connectivity index (χ2n) is 6.33. The summed E-state index contributed by atoms with van der Waals surface area (Å²) in [6.07, 6.45) is 5.03. The molecule has 1 N–H and O–H groups in total. The molecule has 0 aliphatic carbocycles. The van der Waals surface area contributed by atoms with E-state index in [2.05, 4.69) is 9.80 Å². The maximum atomic E-state index is 13.8. The molecule has 0 atom stereocenters. The van der Waals surface area contributed by atoms with Gasteiger partial charge in [0.15, 0.2) is 0 Å². The fourth-order valence-corrected chi connectivity index (χ4v) is 3.69. The fourth-order valence-electron chi connectivity index (χ4n) is 3.69. The number of benzene rings is 1. The number of hydrogen-bond acceptors (Lipinski definition) is 3. The van der Waals surface area contributed by atoms with Gasteiger partial charge >= 0.3 is 0 Å². The lowest BCUT2D eigenvalue weighted by molar-refractivity contribution is 0.248.